The predicted octanol–water partition coefficient (Wildman–Crippen LogP) is 0.248. The first-order chi connectivity index (χ1) is 9.41. The highest BCUT2D eigenvalue weighted by Gasteiger charge is 2.33. The molecular weight excluding hydrogens is 320 g/mol. The molecule has 0 spiro atoms. The second-order valence-electron chi connectivity index (χ2n) is 4.43. The molecule has 0 aliphatic carbocycles. The number of sulfone groups is 1. The molecule has 2 N–H and O–H groups in total. The van der Waals surface area contributed by atoms with E-state index in [0.29, 0.717) is 22.4 Å². The molecule has 1 aliphatic heterocycles. The molecule has 1 saturated heterocycles. The van der Waals surface area contributed by atoms with E-state index in [0.717, 1.165) is 0 Å². The van der Waals surface area contributed by atoms with E-state index in [-0.39, 0.29) is 29.2 Å². The summed E-state index contributed by atoms with van der Waals surface area (Å²) in [4.78, 5) is 13.8. The highest BCUT2D eigenvalue weighted by atomic mass is 32.2. The molecule has 1 fully saturated rings. The van der Waals surface area contributed by atoms with Crippen LogP contribution >= 0.6 is 23.1 Å². The number of carbonyl (C=O) groups excluding carboxylic acids is 1. The van der Waals surface area contributed by atoms with Crippen molar-refractivity contribution in [3.05, 3.63) is 0 Å². The summed E-state index contributed by atoms with van der Waals surface area (Å²) in [6.45, 7) is 2.37. The topological polar surface area (TPSA) is 106 Å². The molecule has 2 heterocycles. The van der Waals surface area contributed by atoms with Crippen LogP contribution in [0.3, 0.4) is 0 Å². The Morgan fingerprint density at radius 3 is 2.80 bits per heavy atom. The minimum atomic E-state index is -2.99. The Morgan fingerprint density at radius 2 is 2.30 bits per heavy atom. The maximum atomic E-state index is 12.2. The van der Waals surface area contributed by atoms with Crippen LogP contribution in [0.25, 0.3) is 0 Å². The second kappa shape index (κ2) is 6.27. The zero-order valence-corrected chi connectivity index (χ0v) is 13.4. The molecule has 1 aromatic heterocycles. The number of carbonyl (C=O) groups is 1. The minimum Gasteiger partial charge on any atom is -0.374 e. The number of nitrogens with zero attached hydrogens (tertiary/aromatic N) is 3. The largest absolute Gasteiger partial charge is 0.374 e. The molecule has 112 valence electrons. The fraction of sp³-hybridized carbons (Fsp3) is 0.700. The van der Waals surface area contributed by atoms with E-state index in [9.17, 15) is 13.2 Å². The average Bonchev–Trinajstić information content (AvgIpc) is 2.94. The van der Waals surface area contributed by atoms with Crippen molar-refractivity contribution in [3.8, 4) is 0 Å². The van der Waals surface area contributed by atoms with E-state index >= 15 is 0 Å². The van der Waals surface area contributed by atoms with Crippen LogP contribution in [0.4, 0.5) is 5.13 Å². The molecule has 1 atom stereocenters. The summed E-state index contributed by atoms with van der Waals surface area (Å²) in [5.41, 5.74) is 5.47. The lowest BCUT2D eigenvalue weighted by Crippen LogP contribution is -2.41. The molecule has 0 aromatic carbocycles. The van der Waals surface area contributed by atoms with Gasteiger partial charge in [0.05, 0.1) is 17.3 Å². The van der Waals surface area contributed by atoms with Crippen LogP contribution in [0, 0.1) is 0 Å². The van der Waals surface area contributed by atoms with Gasteiger partial charge >= 0.3 is 0 Å². The molecule has 0 bridgehead atoms. The standard InChI is InChI=1S/C10H16N4O3S3/c1-2-14(7-3-4-20(16,17)6-7)8(15)5-18-10-13-12-9(11)19-10/h7H,2-6H2,1H3,(H2,11,12)/t7-/m1/s1. The first kappa shape index (κ1) is 15.5. The summed E-state index contributed by atoms with van der Waals surface area (Å²) >= 11 is 2.51. The van der Waals surface area contributed by atoms with E-state index in [2.05, 4.69) is 10.2 Å². The normalized spacial score (nSPS) is 20.9. The van der Waals surface area contributed by atoms with Crippen molar-refractivity contribution in [1.29, 1.82) is 0 Å². The third-order valence-electron chi connectivity index (χ3n) is 3.05. The van der Waals surface area contributed by atoms with Crippen LogP contribution in [-0.4, -0.2) is 59.3 Å². The van der Waals surface area contributed by atoms with Gasteiger partial charge in [0.1, 0.15) is 0 Å². The maximum Gasteiger partial charge on any atom is 0.233 e. The predicted molar refractivity (Wildman–Crippen MR) is 79.5 cm³/mol. The number of amides is 1. The Labute approximate surface area is 125 Å². The highest BCUT2D eigenvalue weighted by molar-refractivity contribution is 8.01. The van der Waals surface area contributed by atoms with Gasteiger partial charge in [0.2, 0.25) is 11.0 Å². The third kappa shape index (κ3) is 3.83. The minimum absolute atomic E-state index is 0.0724. The fourth-order valence-corrected chi connectivity index (χ4v) is 5.40. The van der Waals surface area contributed by atoms with Crippen LogP contribution in [-0.2, 0) is 14.6 Å². The zero-order valence-electron chi connectivity index (χ0n) is 11.0. The van der Waals surface area contributed by atoms with Crippen LogP contribution in [0.2, 0.25) is 0 Å². The van der Waals surface area contributed by atoms with Crippen LogP contribution in [0.5, 0.6) is 0 Å². The van der Waals surface area contributed by atoms with Gasteiger partial charge in [-0.3, -0.25) is 4.79 Å². The number of thioether (sulfide) groups is 1. The van der Waals surface area contributed by atoms with E-state index in [1.165, 1.54) is 23.1 Å². The second-order valence-corrected chi connectivity index (χ2v) is 8.89. The van der Waals surface area contributed by atoms with Crippen molar-refractivity contribution < 1.29 is 13.2 Å². The monoisotopic (exact) mass is 336 g/mol. The molecule has 1 aliphatic rings. The Hall–Kier alpha value is -0.870. The first-order valence-electron chi connectivity index (χ1n) is 6.13. The van der Waals surface area contributed by atoms with Crippen molar-refractivity contribution in [2.24, 2.45) is 0 Å². The molecule has 1 amide bonds. The van der Waals surface area contributed by atoms with Crippen LogP contribution in [0.15, 0.2) is 4.34 Å². The zero-order chi connectivity index (χ0) is 14.8. The van der Waals surface area contributed by atoms with Crippen LogP contribution in [0.1, 0.15) is 13.3 Å². The number of hydrogen-bond acceptors (Lipinski definition) is 8. The number of anilines is 1. The molecule has 0 unspecified atom stereocenters. The lowest BCUT2D eigenvalue weighted by molar-refractivity contribution is -0.129. The smallest absolute Gasteiger partial charge is 0.233 e. The molecular formula is C10H16N4O3S3. The molecule has 0 saturated carbocycles. The van der Waals surface area contributed by atoms with Gasteiger partial charge in [-0.2, -0.15) is 0 Å². The van der Waals surface area contributed by atoms with Gasteiger partial charge in [0.15, 0.2) is 14.2 Å². The third-order valence-corrected chi connectivity index (χ3v) is 6.67. The van der Waals surface area contributed by atoms with Gasteiger partial charge in [-0.1, -0.05) is 23.1 Å². The molecule has 1 aromatic rings. The molecule has 20 heavy (non-hydrogen) atoms. The van der Waals surface area contributed by atoms with Crippen molar-refractivity contribution in [3.63, 3.8) is 0 Å². The quantitative estimate of drug-likeness (QED) is 0.768. The fourth-order valence-electron chi connectivity index (χ4n) is 2.14. The van der Waals surface area contributed by atoms with Crippen molar-refractivity contribution in [2.75, 3.05) is 29.5 Å². The molecule has 0 radical (unpaired) electrons. The Morgan fingerprint density at radius 1 is 1.55 bits per heavy atom. The maximum absolute atomic E-state index is 12.2. The van der Waals surface area contributed by atoms with Gasteiger partial charge in [-0.15, -0.1) is 10.2 Å². The Balaban J connectivity index is 1.92. The SMILES string of the molecule is CCN(C(=O)CSc1nnc(N)s1)[C@@H]1CCS(=O)(=O)C1. The summed E-state index contributed by atoms with van der Waals surface area (Å²) in [6.07, 6.45) is 0.526. The Bertz CT molecular complexity index is 586. The van der Waals surface area contributed by atoms with Crippen LogP contribution < -0.4 is 5.73 Å². The number of aromatic nitrogens is 2. The van der Waals surface area contributed by atoms with E-state index < -0.39 is 9.84 Å². The first-order valence-corrected chi connectivity index (χ1v) is 9.75. The number of hydrogen-bond donors (Lipinski definition) is 1. The van der Waals surface area contributed by atoms with Gasteiger partial charge < -0.3 is 10.6 Å². The van der Waals surface area contributed by atoms with E-state index in [1.807, 2.05) is 6.92 Å². The molecule has 10 heteroatoms. The van der Waals surface area contributed by atoms with Crippen molar-refractivity contribution >= 4 is 44.0 Å². The highest BCUT2D eigenvalue weighted by Crippen LogP contribution is 2.25. The summed E-state index contributed by atoms with van der Waals surface area (Å²) in [7, 11) is -2.99. The molecule has 7 nitrogen and oxygen atoms in total. The Kier molecular flexibility index (Phi) is 4.86. The number of nitrogens with two attached hydrogens (primary N) is 1. The van der Waals surface area contributed by atoms with E-state index in [4.69, 9.17) is 5.73 Å². The van der Waals surface area contributed by atoms with Crippen molar-refractivity contribution in [2.45, 2.75) is 23.7 Å². The number of nitrogen functional groups attached to an aromatic ring is 1. The number of rotatable bonds is 5. The van der Waals surface area contributed by atoms with Gasteiger partial charge in [0, 0.05) is 12.6 Å². The molecule has 2 rings (SSSR count). The van der Waals surface area contributed by atoms with Gasteiger partial charge in [-0.25, -0.2) is 8.42 Å². The average molecular weight is 336 g/mol. The summed E-state index contributed by atoms with van der Waals surface area (Å²) in [6, 6.07) is -0.197. The van der Waals surface area contributed by atoms with Gasteiger partial charge in [-0.05, 0) is 13.3 Å². The van der Waals surface area contributed by atoms with Crippen molar-refractivity contribution in [1.82, 2.24) is 15.1 Å². The summed E-state index contributed by atoms with van der Waals surface area (Å²) < 4.78 is 23.6. The summed E-state index contributed by atoms with van der Waals surface area (Å²) in [5, 5.41) is 7.88. The lowest BCUT2D eigenvalue weighted by atomic mass is 10.2. The van der Waals surface area contributed by atoms with Gasteiger partial charge in [0.25, 0.3) is 0 Å². The summed E-state index contributed by atoms with van der Waals surface area (Å²) in [5.74, 6) is 0.386. The van der Waals surface area contributed by atoms with E-state index in [1.54, 1.807) is 4.90 Å². The lowest BCUT2D eigenvalue weighted by Gasteiger charge is -2.26.